The maximum atomic E-state index is 5.52. The summed E-state index contributed by atoms with van der Waals surface area (Å²) in [5.41, 5.74) is 0. The summed E-state index contributed by atoms with van der Waals surface area (Å²) in [5.74, 6) is 0.596. The molecular weight excluding hydrogens is 200 g/mol. The van der Waals surface area contributed by atoms with E-state index in [1.165, 1.54) is 0 Å². The average molecular weight is 221 g/mol. The van der Waals surface area contributed by atoms with Gasteiger partial charge in [-0.3, -0.25) is 4.90 Å². The zero-order valence-electron chi connectivity index (χ0n) is 9.21. The molecule has 0 aromatic rings. The van der Waals surface area contributed by atoms with E-state index in [-0.39, 0.29) is 0 Å². The van der Waals surface area contributed by atoms with Crippen LogP contribution in [0.2, 0.25) is 0 Å². The zero-order chi connectivity index (χ0) is 10.4. The molecule has 3 nitrogen and oxygen atoms in total. The molecule has 0 radical (unpaired) electrons. The third-order valence-corrected chi connectivity index (χ3v) is 2.97. The normalized spacial score (nSPS) is 25.5. The van der Waals surface area contributed by atoms with Crippen molar-refractivity contribution < 1.29 is 4.74 Å². The van der Waals surface area contributed by atoms with Crippen molar-refractivity contribution in [1.82, 2.24) is 9.80 Å². The van der Waals surface area contributed by atoms with E-state index in [0.717, 1.165) is 32.8 Å². The summed E-state index contributed by atoms with van der Waals surface area (Å²) in [6.07, 6.45) is 0. The lowest BCUT2D eigenvalue weighted by Crippen LogP contribution is -2.50. The maximum Gasteiger partial charge on any atom is 0.0602 e. The third-order valence-electron chi connectivity index (χ3n) is 2.82. The molecule has 1 fully saturated rings. The fourth-order valence-corrected chi connectivity index (χ4v) is 1.79. The van der Waals surface area contributed by atoms with Crippen LogP contribution in [0.25, 0.3) is 0 Å². The summed E-state index contributed by atoms with van der Waals surface area (Å²) >= 11 is 5.52. The zero-order valence-corrected chi connectivity index (χ0v) is 9.96. The van der Waals surface area contributed by atoms with Gasteiger partial charge in [-0.25, -0.2) is 0 Å². The van der Waals surface area contributed by atoms with Crippen molar-refractivity contribution in [2.45, 2.75) is 13.0 Å². The van der Waals surface area contributed by atoms with Crippen LogP contribution in [0, 0.1) is 0 Å². The highest BCUT2D eigenvalue weighted by molar-refractivity contribution is 6.17. The first kappa shape index (κ1) is 12.2. The number of nitrogens with zero attached hydrogens (tertiary/aromatic N) is 2. The second-order valence-corrected chi connectivity index (χ2v) is 4.31. The molecule has 0 amide bonds. The topological polar surface area (TPSA) is 15.7 Å². The van der Waals surface area contributed by atoms with Crippen LogP contribution in [-0.2, 0) is 4.74 Å². The van der Waals surface area contributed by atoms with Gasteiger partial charge in [0.1, 0.15) is 0 Å². The summed E-state index contributed by atoms with van der Waals surface area (Å²) < 4.78 is 5.36. The maximum absolute atomic E-state index is 5.52. The van der Waals surface area contributed by atoms with Gasteiger partial charge in [-0.2, -0.15) is 0 Å². The highest BCUT2D eigenvalue weighted by atomic mass is 35.5. The van der Waals surface area contributed by atoms with Crippen LogP contribution in [0.3, 0.4) is 0 Å². The van der Waals surface area contributed by atoms with Gasteiger partial charge in [-0.05, 0) is 14.0 Å². The van der Waals surface area contributed by atoms with Gasteiger partial charge in [0.05, 0.1) is 13.2 Å². The van der Waals surface area contributed by atoms with Crippen LogP contribution in [0.5, 0.6) is 0 Å². The molecule has 1 atom stereocenters. The second kappa shape index (κ2) is 6.62. The largest absolute Gasteiger partial charge is 0.379 e. The second-order valence-electron chi connectivity index (χ2n) is 3.93. The molecule has 1 unspecified atom stereocenters. The van der Waals surface area contributed by atoms with E-state index in [2.05, 4.69) is 23.8 Å². The molecule has 0 bridgehead atoms. The molecule has 1 aliphatic rings. The Morgan fingerprint density at radius 3 is 2.79 bits per heavy atom. The SMILES string of the molecule is CC1CN(CCOCCCl)CCN1C. The first-order valence-corrected chi connectivity index (χ1v) is 5.84. The van der Waals surface area contributed by atoms with Gasteiger partial charge in [0.15, 0.2) is 0 Å². The number of hydrogen-bond acceptors (Lipinski definition) is 3. The Kier molecular flexibility index (Phi) is 5.78. The number of piperazine rings is 1. The molecule has 0 N–H and O–H groups in total. The summed E-state index contributed by atoms with van der Waals surface area (Å²) in [4.78, 5) is 4.86. The van der Waals surface area contributed by atoms with Gasteiger partial charge >= 0.3 is 0 Å². The van der Waals surface area contributed by atoms with Crippen LogP contribution in [0.15, 0.2) is 0 Å². The minimum absolute atomic E-state index is 0.596. The Hall–Kier alpha value is 0.170. The molecular formula is C10H21ClN2O. The van der Waals surface area contributed by atoms with E-state index >= 15 is 0 Å². The van der Waals surface area contributed by atoms with Crippen LogP contribution >= 0.6 is 11.6 Å². The molecule has 1 saturated heterocycles. The molecule has 14 heavy (non-hydrogen) atoms. The van der Waals surface area contributed by atoms with Crippen molar-refractivity contribution in [1.29, 1.82) is 0 Å². The summed E-state index contributed by atoms with van der Waals surface area (Å²) in [6.45, 7) is 8.26. The lowest BCUT2D eigenvalue weighted by molar-refractivity contribution is 0.0666. The fourth-order valence-electron chi connectivity index (χ4n) is 1.68. The van der Waals surface area contributed by atoms with Crippen molar-refractivity contribution in [3.8, 4) is 0 Å². The van der Waals surface area contributed by atoms with Gasteiger partial charge < -0.3 is 9.64 Å². The molecule has 1 heterocycles. The molecule has 1 rings (SSSR count). The van der Waals surface area contributed by atoms with Gasteiger partial charge in [-0.15, -0.1) is 11.6 Å². The van der Waals surface area contributed by atoms with Crippen LogP contribution < -0.4 is 0 Å². The van der Waals surface area contributed by atoms with Gasteiger partial charge in [0, 0.05) is 38.1 Å². The molecule has 0 aromatic carbocycles. The van der Waals surface area contributed by atoms with Crippen LogP contribution in [0.4, 0.5) is 0 Å². The number of likely N-dealkylation sites (N-methyl/N-ethyl adjacent to an activating group) is 1. The molecule has 84 valence electrons. The Balaban J connectivity index is 2.07. The number of hydrogen-bond donors (Lipinski definition) is 0. The number of ether oxygens (including phenoxy) is 1. The Morgan fingerprint density at radius 1 is 1.36 bits per heavy atom. The lowest BCUT2D eigenvalue weighted by atomic mass is 10.2. The van der Waals surface area contributed by atoms with Crippen molar-refractivity contribution in [3.63, 3.8) is 0 Å². The van der Waals surface area contributed by atoms with E-state index < -0.39 is 0 Å². The molecule has 4 heteroatoms. The Bertz CT molecular complexity index is 157. The van der Waals surface area contributed by atoms with Crippen LogP contribution in [0.1, 0.15) is 6.92 Å². The smallest absolute Gasteiger partial charge is 0.0602 e. The van der Waals surface area contributed by atoms with Gasteiger partial charge in [0.25, 0.3) is 0 Å². The highest BCUT2D eigenvalue weighted by Crippen LogP contribution is 2.05. The predicted octanol–water partition coefficient (Wildman–Crippen LogP) is 0.878. The fraction of sp³-hybridized carbons (Fsp3) is 1.00. The van der Waals surface area contributed by atoms with E-state index in [4.69, 9.17) is 16.3 Å². The van der Waals surface area contributed by atoms with Gasteiger partial charge in [0.2, 0.25) is 0 Å². The van der Waals surface area contributed by atoms with E-state index in [9.17, 15) is 0 Å². The van der Waals surface area contributed by atoms with E-state index in [1.54, 1.807) is 0 Å². The molecule has 0 aromatic heterocycles. The first-order chi connectivity index (χ1) is 6.74. The average Bonchev–Trinajstić information content (AvgIpc) is 2.18. The third kappa shape index (κ3) is 4.13. The minimum atomic E-state index is 0.596. The Labute approximate surface area is 92.0 Å². The summed E-state index contributed by atoms with van der Waals surface area (Å²) in [6, 6.07) is 0.664. The Morgan fingerprint density at radius 2 is 2.14 bits per heavy atom. The molecule has 0 saturated carbocycles. The first-order valence-electron chi connectivity index (χ1n) is 5.30. The number of alkyl halides is 1. The van der Waals surface area contributed by atoms with E-state index in [1.807, 2.05) is 0 Å². The molecule has 0 aliphatic carbocycles. The van der Waals surface area contributed by atoms with Crippen molar-refractivity contribution in [2.75, 3.05) is 52.3 Å². The van der Waals surface area contributed by atoms with Crippen molar-refractivity contribution in [3.05, 3.63) is 0 Å². The minimum Gasteiger partial charge on any atom is -0.379 e. The quantitative estimate of drug-likeness (QED) is 0.506. The summed E-state index contributed by atoms with van der Waals surface area (Å²) in [7, 11) is 2.19. The standard InChI is InChI=1S/C10H21ClN2O/c1-10-9-13(5-4-12(10)2)6-8-14-7-3-11/h10H,3-9H2,1-2H3. The predicted molar refractivity (Wildman–Crippen MR) is 60.1 cm³/mol. The van der Waals surface area contributed by atoms with Crippen molar-refractivity contribution in [2.24, 2.45) is 0 Å². The summed E-state index contributed by atoms with van der Waals surface area (Å²) in [5, 5.41) is 0. The number of rotatable bonds is 5. The molecule has 1 aliphatic heterocycles. The van der Waals surface area contributed by atoms with Gasteiger partial charge in [-0.1, -0.05) is 0 Å². The monoisotopic (exact) mass is 220 g/mol. The van der Waals surface area contributed by atoms with E-state index in [0.29, 0.717) is 18.5 Å². The lowest BCUT2D eigenvalue weighted by Gasteiger charge is -2.37. The van der Waals surface area contributed by atoms with Crippen molar-refractivity contribution >= 4 is 11.6 Å². The molecule has 0 spiro atoms. The number of halogens is 1. The highest BCUT2D eigenvalue weighted by Gasteiger charge is 2.19. The van der Waals surface area contributed by atoms with Crippen LogP contribution in [-0.4, -0.2) is 68.2 Å².